The molecule has 43 heavy (non-hydrogen) atoms. The van der Waals surface area contributed by atoms with E-state index >= 15 is 0 Å². The maximum Gasteiger partial charge on any atom is 0.251 e. The van der Waals surface area contributed by atoms with Gasteiger partial charge >= 0.3 is 0 Å². The fourth-order valence-electron chi connectivity index (χ4n) is 5.59. The molecule has 2 aliphatic heterocycles. The number of nitrogens with one attached hydrogen (secondary N) is 2. The molecule has 11 nitrogen and oxygen atoms in total. The second kappa shape index (κ2) is 14.5. The number of likely N-dealkylation sites (tertiary alicyclic amines) is 1. The minimum atomic E-state index is -0.696. The van der Waals surface area contributed by atoms with E-state index in [9.17, 15) is 14.7 Å². The van der Waals surface area contributed by atoms with Crippen LogP contribution in [0.4, 0.5) is 5.82 Å². The molecule has 0 radical (unpaired) electrons. The van der Waals surface area contributed by atoms with E-state index in [0.29, 0.717) is 42.6 Å². The first-order chi connectivity index (χ1) is 20.8. The van der Waals surface area contributed by atoms with Crippen LogP contribution < -0.4 is 15.4 Å². The molecule has 11 heteroatoms. The number of piperidine rings is 1. The van der Waals surface area contributed by atoms with Crippen LogP contribution in [0, 0.1) is 5.92 Å². The average Bonchev–Trinajstić information content (AvgIpc) is 3.53. The Bertz CT molecular complexity index is 1360. The molecule has 3 N–H and O–H groups in total. The average molecular weight is 591 g/mol. The summed E-state index contributed by atoms with van der Waals surface area (Å²) in [6, 6.07) is 9.69. The number of anilines is 1. The van der Waals surface area contributed by atoms with Crippen LogP contribution in [-0.2, 0) is 24.4 Å². The first-order valence-corrected chi connectivity index (χ1v) is 15.1. The number of fused-ring (bicyclic) bond motifs is 1. The molecule has 1 atom stereocenters. The van der Waals surface area contributed by atoms with Crippen molar-refractivity contribution >= 4 is 17.6 Å². The highest BCUT2D eigenvalue weighted by Gasteiger charge is 2.24. The van der Waals surface area contributed by atoms with Gasteiger partial charge in [-0.2, -0.15) is 0 Å². The fraction of sp³-hybridized carbons (Fsp3) is 0.500. The summed E-state index contributed by atoms with van der Waals surface area (Å²) in [4.78, 5) is 37.6. The van der Waals surface area contributed by atoms with Crippen LogP contribution in [0.3, 0.4) is 0 Å². The molecule has 0 bridgehead atoms. The number of benzene rings is 1. The Morgan fingerprint density at radius 1 is 1.14 bits per heavy atom. The maximum atomic E-state index is 12.9. The number of β-amino-alcohol motifs (C(OH)–C–C–N with tert-alkyl or cyclic N) is 1. The zero-order valence-electron chi connectivity index (χ0n) is 25.0. The minimum Gasteiger partial charge on any atom is -0.486 e. The molecule has 4 heterocycles. The molecule has 0 saturated carbocycles. The number of hydrogen-bond acceptors (Lipinski definition) is 9. The van der Waals surface area contributed by atoms with Crippen LogP contribution in [0.2, 0.25) is 0 Å². The largest absolute Gasteiger partial charge is 0.486 e. The Morgan fingerprint density at radius 3 is 2.74 bits per heavy atom. The number of rotatable bonds is 12. The number of pyridine rings is 1. The first-order valence-electron chi connectivity index (χ1n) is 15.1. The van der Waals surface area contributed by atoms with Crippen molar-refractivity contribution < 1.29 is 23.8 Å². The monoisotopic (exact) mass is 590 g/mol. The zero-order valence-corrected chi connectivity index (χ0v) is 25.0. The van der Waals surface area contributed by atoms with Crippen LogP contribution in [0.25, 0.3) is 0 Å². The molecule has 230 valence electrons. The van der Waals surface area contributed by atoms with Gasteiger partial charge in [-0.15, -0.1) is 0 Å². The van der Waals surface area contributed by atoms with Crippen LogP contribution in [0.1, 0.15) is 60.4 Å². The lowest BCUT2D eigenvalue weighted by molar-refractivity contribution is -0.132. The van der Waals surface area contributed by atoms with Crippen molar-refractivity contribution in [3.05, 3.63) is 71.6 Å². The lowest BCUT2D eigenvalue weighted by atomic mass is 9.99. The lowest BCUT2D eigenvalue weighted by Gasteiger charge is -2.33. The molecule has 3 aromatic rings. The summed E-state index contributed by atoms with van der Waals surface area (Å²) in [5.74, 6) is 2.43. The van der Waals surface area contributed by atoms with Crippen molar-refractivity contribution in [1.29, 1.82) is 0 Å². The summed E-state index contributed by atoms with van der Waals surface area (Å²) in [6.45, 7) is 8.07. The van der Waals surface area contributed by atoms with Crippen molar-refractivity contribution in [1.82, 2.24) is 25.1 Å². The Morgan fingerprint density at radius 2 is 1.98 bits per heavy atom. The molecule has 2 aliphatic rings. The van der Waals surface area contributed by atoms with Crippen molar-refractivity contribution in [2.75, 3.05) is 38.0 Å². The molecule has 5 rings (SSSR count). The third kappa shape index (κ3) is 8.77. The third-order valence-electron chi connectivity index (χ3n) is 7.91. The normalized spacial score (nSPS) is 16.5. The second-order valence-electron chi connectivity index (χ2n) is 11.9. The molecule has 1 saturated heterocycles. The van der Waals surface area contributed by atoms with Gasteiger partial charge in [0, 0.05) is 63.5 Å². The molecule has 0 unspecified atom stereocenters. The Labute approximate surface area is 252 Å². The predicted molar refractivity (Wildman–Crippen MR) is 162 cm³/mol. The highest BCUT2D eigenvalue weighted by molar-refractivity contribution is 5.94. The van der Waals surface area contributed by atoms with Gasteiger partial charge in [0.2, 0.25) is 5.91 Å². The van der Waals surface area contributed by atoms with E-state index in [1.165, 1.54) is 17.5 Å². The Balaban J connectivity index is 1.04. The molecular weight excluding hydrogens is 548 g/mol. The standard InChI is InChI=1S/C32H42N6O5/c1-22(2)13-31(40)38-11-7-26(8-12-38)36-30-15-24(5-9-34-30)32(41)35-16-27(39)19-37-10-6-23-14-28(4-3-25(23)18-37)42-20-29-17-33-21-43-29/h3-5,9,14-15,17,21-22,26-27,39H,6-8,10-13,16,18-20H2,1-2H3,(H,34,36)(H,35,41)/t27-/m0/s1. The van der Waals surface area contributed by atoms with E-state index in [4.69, 9.17) is 9.15 Å². The molecular formula is C32H42N6O5. The predicted octanol–water partition coefficient (Wildman–Crippen LogP) is 3.25. The molecule has 0 spiro atoms. The smallest absolute Gasteiger partial charge is 0.251 e. The van der Waals surface area contributed by atoms with Gasteiger partial charge in [0.25, 0.3) is 5.91 Å². The number of ether oxygens (including phenoxy) is 1. The van der Waals surface area contributed by atoms with Crippen LogP contribution in [-0.4, -0.2) is 81.6 Å². The lowest BCUT2D eigenvalue weighted by Crippen LogP contribution is -2.42. The second-order valence-corrected chi connectivity index (χ2v) is 11.9. The molecule has 0 aliphatic carbocycles. The maximum absolute atomic E-state index is 12.9. The zero-order chi connectivity index (χ0) is 30.2. The molecule has 2 amide bonds. The topological polar surface area (TPSA) is 133 Å². The van der Waals surface area contributed by atoms with E-state index in [1.54, 1.807) is 24.5 Å². The van der Waals surface area contributed by atoms with Crippen LogP contribution in [0.5, 0.6) is 5.75 Å². The van der Waals surface area contributed by atoms with Crippen molar-refractivity contribution in [2.24, 2.45) is 5.92 Å². The van der Waals surface area contributed by atoms with Gasteiger partial charge in [0.1, 0.15) is 18.2 Å². The number of aromatic nitrogens is 2. The quantitative estimate of drug-likeness (QED) is 0.291. The van der Waals surface area contributed by atoms with E-state index in [1.807, 2.05) is 11.0 Å². The molecule has 1 fully saturated rings. The van der Waals surface area contributed by atoms with Gasteiger partial charge in [-0.3, -0.25) is 14.5 Å². The number of aliphatic hydroxyl groups is 1. The van der Waals surface area contributed by atoms with E-state index in [2.05, 4.69) is 51.5 Å². The van der Waals surface area contributed by atoms with Gasteiger partial charge in [-0.25, -0.2) is 9.97 Å². The van der Waals surface area contributed by atoms with Gasteiger partial charge in [-0.1, -0.05) is 19.9 Å². The van der Waals surface area contributed by atoms with Gasteiger partial charge in [0.15, 0.2) is 12.2 Å². The van der Waals surface area contributed by atoms with E-state index in [-0.39, 0.29) is 24.4 Å². The molecule has 2 aromatic heterocycles. The number of hydrogen-bond donors (Lipinski definition) is 3. The number of oxazole rings is 1. The Hall–Kier alpha value is -3.96. The van der Waals surface area contributed by atoms with Gasteiger partial charge in [0.05, 0.1) is 12.3 Å². The summed E-state index contributed by atoms with van der Waals surface area (Å²) in [5.41, 5.74) is 2.93. The fourth-order valence-corrected chi connectivity index (χ4v) is 5.59. The summed E-state index contributed by atoms with van der Waals surface area (Å²) < 4.78 is 11.0. The summed E-state index contributed by atoms with van der Waals surface area (Å²) in [5, 5.41) is 17.0. The Kier molecular flexibility index (Phi) is 10.3. The van der Waals surface area contributed by atoms with Crippen molar-refractivity contribution in [3.63, 3.8) is 0 Å². The van der Waals surface area contributed by atoms with Crippen LogP contribution in [0.15, 0.2) is 53.5 Å². The highest BCUT2D eigenvalue weighted by Crippen LogP contribution is 2.25. The number of nitrogens with zero attached hydrogens (tertiary/aromatic N) is 4. The van der Waals surface area contributed by atoms with Crippen LogP contribution >= 0.6 is 0 Å². The summed E-state index contributed by atoms with van der Waals surface area (Å²) in [7, 11) is 0. The number of aliphatic hydroxyl groups excluding tert-OH is 1. The SMILES string of the molecule is CC(C)CC(=O)N1CCC(Nc2cc(C(=O)NC[C@H](O)CN3CCc4cc(OCc5cnco5)ccc4C3)ccn2)CC1. The highest BCUT2D eigenvalue weighted by atomic mass is 16.5. The van der Waals surface area contributed by atoms with Crippen molar-refractivity contribution in [2.45, 2.75) is 64.8 Å². The molecule has 1 aromatic carbocycles. The number of carbonyl (C=O) groups excluding carboxylic acids is 2. The number of amides is 2. The minimum absolute atomic E-state index is 0.157. The first kappa shape index (κ1) is 30.5. The number of carbonyl (C=O) groups is 2. The van der Waals surface area contributed by atoms with Crippen molar-refractivity contribution in [3.8, 4) is 5.75 Å². The third-order valence-corrected chi connectivity index (χ3v) is 7.91. The summed E-state index contributed by atoms with van der Waals surface area (Å²) in [6.07, 6.45) is 7.07. The van der Waals surface area contributed by atoms with Gasteiger partial charge < -0.3 is 29.8 Å². The van der Waals surface area contributed by atoms with E-state index < -0.39 is 6.10 Å². The van der Waals surface area contributed by atoms with Gasteiger partial charge in [-0.05, 0) is 60.6 Å². The summed E-state index contributed by atoms with van der Waals surface area (Å²) >= 11 is 0. The van der Waals surface area contributed by atoms with E-state index in [0.717, 1.165) is 51.2 Å².